The zero-order chi connectivity index (χ0) is 27.7. The molecule has 2 aromatic heterocycles. The smallest absolute Gasteiger partial charge is 0.415 e. The summed E-state index contributed by atoms with van der Waals surface area (Å²) in [4.78, 5) is 41.6. The number of aliphatic carboxylic acids is 1. The van der Waals surface area contributed by atoms with Crippen LogP contribution < -0.4 is 19.9 Å². The minimum atomic E-state index is -0.884. The van der Waals surface area contributed by atoms with Crippen molar-refractivity contribution in [1.82, 2.24) is 15.0 Å². The molecule has 0 bridgehead atoms. The molecule has 0 aliphatic carbocycles. The lowest BCUT2D eigenvalue weighted by atomic mass is 10.0. The normalized spacial score (nSPS) is 14.7. The standard InChI is InChI=1S/C28H32N6O5/c1-17-22(15-29-25-24(17)34(10-11-38-25)27(37)39-28(2,3)4)33-9-8-19-14-30-26(32-21(19)16-33)31-20-7-5-6-18(12-20)13-23(35)36/h5-7,12,14-15H,8-11,13,16H2,1-4H3,(H,35,36)(H,30,31,32). The van der Waals surface area contributed by atoms with Crippen molar-refractivity contribution in [2.75, 3.05) is 34.8 Å². The van der Waals surface area contributed by atoms with Gasteiger partial charge in [-0.2, -0.15) is 0 Å². The fourth-order valence-electron chi connectivity index (χ4n) is 4.78. The van der Waals surface area contributed by atoms with Crippen LogP contribution >= 0.6 is 0 Å². The highest BCUT2D eigenvalue weighted by molar-refractivity contribution is 5.92. The van der Waals surface area contributed by atoms with Crippen LogP contribution in [0.4, 0.5) is 27.8 Å². The Bertz CT molecular complexity index is 1420. The minimum absolute atomic E-state index is 0.0555. The molecule has 11 heteroatoms. The molecule has 5 rings (SSSR count). The first-order valence-electron chi connectivity index (χ1n) is 12.9. The maximum atomic E-state index is 13.0. The van der Waals surface area contributed by atoms with Gasteiger partial charge in [0.15, 0.2) is 0 Å². The monoisotopic (exact) mass is 532 g/mol. The highest BCUT2D eigenvalue weighted by Crippen LogP contribution is 2.39. The van der Waals surface area contributed by atoms with Gasteiger partial charge in [0.05, 0.1) is 37.1 Å². The van der Waals surface area contributed by atoms with E-state index in [0.717, 1.165) is 41.2 Å². The van der Waals surface area contributed by atoms with E-state index >= 15 is 0 Å². The molecule has 2 N–H and O–H groups in total. The Hall–Kier alpha value is -4.41. The lowest BCUT2D eigenvalue weighted by molar-refractivity contribution is -0.136. The second-order valence-electron chi connectivity index (χ2n) is 10.6. The second kappa shape index (κ2) is 10.4. The summed E-state index contributed by atoms with van der Waals surface area (Å²) in [6.07, 6.45) is 3.90. The highest BCUT2D eigenvalue weighted by atomic mass is 16.6. The van der Waals surface area contributed by atoms with Crippen molar-refractivity contribution in [2.24, 2.45) is 0 Å². The predicted molar refractivity (Wildman–Crippen MR) is 146 cm³/mol. The van der Waals surface area contributed by atoms with Crippen LogP contribution in [0.1, 0.15) is 43.2 Å². The van der Waals surface area contributed by atoms with Crippen molar-refractivity contribution in [2.45, 2.75) is 52.7 Å². The summed E-state index contributed by atoms with van der Waals surface area (Å²) in [5, 5.41) is 12.3. The van der Waals surface area contributed by atoms with E-state index in [-0.39, 0.29) is 6.42 Å². The maximum Gasteiger partial charge on any atom is 0.415 e. The number of ether oxygens (including phenoxy) is 2. The molecule has 204 valence electrons. The molecule has 0 atom stereocenters. The van der Waals surface area contributed by atoms with E-state index in [9.17, 15) is 9.59 Å². The van der Waals surface area contributed by atoms with E-state index in [1.165, 1.54) is 0 Å². The van der Waals surface area contributed by atoms with E-state index in [0.29, 0.717) is 42.8 Å². The molecule has 1 amide bonds. The van der Waals surface area contributed by atoms with Gasteiger partial charge in [0, 0.05) is 24.0 Å². The van der Waals surface area contributed by atoms with Gasteiger partial charge in [-0.1, -0.05) is 12.1 Å². The summed E-state index contributed by atoms with van der Waals surface area (Å²) >= 11 is 0. The highest BCUT2D eigenvalue weighted by Gasteiger charge is 2.32. The molecule has 2 aliphatic heterocycles. The zero-order valence-electron chi connectivity index (χ0n) is 22.5. The van der Waals surface area contributed by atoms with Crippen LogP contribution in [0, 0.1) is 6.92 Å². The van der Waals surface area contributed by atoms with E-state index in [1.54, 1.807) is 29.3 Å². The van der Waals surface area contributed by atoms with E-state index in [1.807, 2.05) is 40.0 Å². The Morgan fingerprint density at radius 1 is 1.18 bits per heavy atom. The average molecular weight is 533 g/mol. The lowest BCUT2D eigenvalue weighted by Gasteiger charge is -2.35. The van der Waals surface area contributed by atoms with Gasteiger partial charge in [-0.25, -0.2) is 19.7 Å². The molecule has 0 fully saturated rings. The van der Waals surface area contributed by atoms with Gasteiger partial charge >= 0.3 is 12.1 Å². The lowest BCUT2D eigenvalue weighted by Crippen LogP contribution is -2.42. The second-order valence-corrected chi connectivity index (χ2v) is 10.6. The van der Waals surface area contributed by atoms with E-state index in [2.05, 4.69) is 20.2 Å². The first kappa shape index (κ1) is 26.2. The number of amides is 1. The van der Waals surface area contributed by atoms with Crippen molar-refractivity contribution in [1.29, 1.82) is 0 Å². The van der Waals surface area contributed by atoms with Gasteiger partial charge in [-0.3, -0.25) is 9.69 Å². The van der Waals surface area contributed by atoms with Gasteiger partial charge in [0.2, 0.25) is 11.8 Å². The number of carboxylic acids is 1. The van der Waals surface area contributed by atoms with Crippen molar-refractivity contribution in [3.8, 4) is 5.88 Å². The van der Waals surface area contributed by atoms with Crippen LogP contribution in [0.25, 0.3) is 0 Å². The van der Waals surface area contributed by atoms with Crippen molar-refractivity contribution in [3.63, 3.8) is 0 Å². The Morgan fingerprint density at radius 2 is 2.00 bits per heavy atom. The van der Waals surface area contributed by atoms with E-state index in [4.69, 9.17) is 19.6 Å². The molecule has 4 heterocycles. The number of carbonyl (C=O) groups excluding carboxylic acids is 1. The number of rotatable bonds is 5. The Morgan fingerprint density at radius 3 is 2.77 bits per heavy atom. The molecule has 0 unspecified atom stereocenters. The first-order chi connectivity index (χ1) is 18.6. The average Bonchev–Trinajstić information content (AvgIpc) is 2.87. The fourth-order valence-corrected chi connectivity index (χ4v) is 4.78. The minimum Gasteiger partial charge on any atom is -0.481 e. The number of pyridine rings is 1. The number of anilines is 4. The summed E-state index contributed by atoms with van der Waals surface area (Å²) in [5.74, 6) is -0.0254. The summed E-state index contributed by atoms with van der Waals surface area (Å²) < 4.78 is 11.4. The number of hydrogen-bond acceptors (Lipinski definition) is 9. The van der Waals surface area contributed by atoms with Crippen molar-refractivity contribution < 1.29 is 24.2 Å². The van der Waals surface area contributed by atoms with Gasteiger partial charge in [-0.05, 0) is 57.4 Å². The molecule has 0 radical (unpaired) electrons. The van der Waals surface area contributed by atoms with Gasteiger partial charge in [0.1, 0.15) is 17.9 Å². The van der Waals surface area contributed by atoms with Crippen LogP contribution in [0.3, 0.4) is 0 Å². The largest absolute Gasteiger partial charge is 0.481 e. The van der Waals surface area contributed by atoms with Crippen LogP contribution in [0.5, 0.6) is 5.88 Å². The summed E-state index contributed by atoms with van der Waals surface area (Å²) in [6.45, 7) is 9.52. The quantitative estimate of drug-likeness (QED) is 0.492. The van der Waals surface area contributed by atoms with Crippen LogP contribution in [-0.2, 0) is 28.9 Å². The zero-order valence-corrected chi connectivity index (χ0v) is 22.5. The number of carboxylic acid groups (broad SMARTS) is 1. The predicted octanol–water partition coefficient (Wildman–Crippen LogP) is 4.25. The number of carbonyl (C=O) groups is 2. The molecule has 39 heavy (non-hydrogen) atoms. The van der Waals surface area contributed by atoms with Crippen molar-refractivity contribution in [3.05, 3.63) is 59.0 Å². The van der Waals surface area contributed by atoms with Crippen LogP contribution in [-0.4, -0.2) is 57.4 Å². The molecular weight excluding hydrogens is 500 g/mol. The number of fused-ring (bicyclic) bond motifs is 2. The number of benzene rings is 1. The fraction of sp³-hybridized carbons (Fsp3) is 0.393. The third-order valence-electron chi connectivity index (χ3n) is 6.51. The number of nitrogens with one attached hydrogen (secondary N) is 1. The maximum absolute atomic E-state index is 13.0. The molecule has 3 aromatic rings. The number of aromatic nitrogens is 3. The summed E-state index contributed by atoms with van der Waals surface area (Å²) in [7, 11) is 0. The van der Waals surface area contributed by atoms with E-state index < -0.39 is 17.7 Å². The third kappa shape index (κ3) is 5.87. The molecule has 0 spiro atoms. The van der Waals surface area contributed by atoms with Gasteiger partial charge in [-0.15, -0.1) is 0 Å². The number of nitrogens with zero attached hydrogens (tertiary/aromatic N) is 5. The summed E-state index contributed by atoms with van der Waals surface area (Å²) in [5.41, 5.74) is 5.16. The molecule has 11 nitrogen and oxygen atoms in total. The van der Waals surface area contributed by atoms with Crippen LogP contribution in [0.2, 0.25) is 0 Å². The Balaban J connectivity index is 1.38. The Kier molecular flexibility index (Phi) is 6.98. The Labute approximate surface area is 226 Å². The first-order valence-corrected chi connectivity index (χ1v) is 12.9. The topological polar surface area (TPSA) is 130 Å². The number of hydrogen-bond donors (Lipinski definition) is 2. The summed E-state index contributed by atoms with van der Waals surface area (Å²) in [6, 6.07) is 7.21. The van der Waals surface area contributed by atoms with Gasteiger partial charge in [0.25, 0.3) is 0 Å². The molecule has 0 saturated carbocycles. The van der Waals surface area contributed by atoms with Crippen LogP contribution in [0.15, 0.2) is 36.7 Å². The van der Waals surface area contributed by atoms with Crippen molar-refractivity contribution >= 4 is 35.1 Å². The third-order valence-corrected chi connectivity index (χ3v) is 6.51. The molecular formula is C28H32N6O5. The molecule has 0 saturated heterocycles. The molecule has 1 aromatic carbocycles. The SMILES string of the molecule is Cc1c(N2CCc3cnc(Nc4cccc(CC(=O)O)c4)nc3C2)cnc2c1N(C(=O)OC(C)(C)C)CCO2. The van der Waals surface area contributed by atoms with Gasteiger partial charge < -0.3 is 24.8 Å². The molecule has 2 aliphatic rings.